The Kier molecular flexibility index (Phi) is 5.23. The molecule has 0 saturated heterocycles. The van der Waals surface area contributed by atoms with Gasteiger partial charge in [-0.25, -0.2) is 8.78 Å². The van der Waals surface area contributed by atoms with Crippen LogP contribution >= 0.6 is 0 Å². The highest BCUT2D eigenvalue weighted by Crippen LogP contribution is 2.31. The number of hydrogen-bond donors (Lipinski definition) is 2. The average Bonchev–Trinajstić information content (AvgIpc) is 2.33. The van der Waals surface area contributed by atoms with E-state index in [4.69, 9.17) is 0 Å². The van der Waals surface area contributed by atoms with E-state index >= 15 is 0 Å². The molecule has 0 saturated carbocycles. The molecule has 0 amide bonds. The highest BCUT2D eigenvalue weighted by Gasteiger charge is 2.31. The zero-order chi connectivity index (χ0) is 13.8. The molecule has 0 heterocycles. The first kappa shape index (κ1) is 15.1. The van der Waals surface area contributed by atoms with Gasteiger partial charge >= 0.3 is 0 Å². The van der Waals surface area contributed by atoms with Crippen molar-refractivity contribution in [3.8, 4) is 0 Å². The van der Waals surface area contributed by atoms with Crippen molar-refractivity contribution in [1.82, 2.24) is 0 Å². The summed E-state index contributed by atoms with van der Waals surface area (Å²) < 4.78 is 26.7. The van der Waals surface area contributed by atoms with Crippen LogP contribution in [0.3, 0.4) is 0 Å². The molecule has 1 rings (SSSR count). The minimum Gasteiger partial charge on any atom is -0.396 e. The first-order valence-corrected chi connectivity index (χ1v) is 6.09. The Labute approximate surface area is 106 Å². The molecule has 4 heteroatoms. The quantitative estimate of drug-likeness (QED) is 0.823. The first-order valence-electron chi connectivity index (χ1n) is 6.09. The van der Waals surface area contributed by atoms with Gasteiger partial charge in [-0.2, -0.15) is 0 Å². The van der Waals surface area contributed by atoms with Crippen molar-refractivity contribution >= 4 is 0 Å². The van der Waals surface area contributed by atoms with Crippen LogP contribution in [0.15, 0.2) is 18.2 Å². The van der Waals surface area contributed by atoms with Crippen molar-refractivity contribution in [2.45, 2.75) is 26.7 Å². The molecular formula is C14H20F2O2. The zero-order valence-electron chi connectivity index (χ0n) is 10.8. The Morgan fingerprint density at radius 1 is 1.17 bits per heavy atom. The summed E-state index contributed by atoms with van der Waals surface area (Å²) in [6.45, 7) is 3.42. The second-order valence-corrected chi connectivity index (χ2v) is 5.30. The molecule has 0 aliphatic heterocycles. The van der Waals surface area contributed by atoms with Crippen molar-refractivity contribution in [3.63, 3.8) is 0 Å². The molecule has 1 aromatic carbocycles. The van der Waals surface area contributed by atoms with Gasteiger partial charge in [0.2, 0.25) is 0 Å². The van der Waals surface area contributed by atoms with Crippen LogP contribution in [0.1, 0.15) is 25.8 Å². The minimum absolute atomic E-state index is 0.127. The third kappa shape index (κ3) is 3.50. The molecular weight excluding hydrogens is 238 g/mol. The van der Waals surface area contributed by atoms with Crippen LogP contribution < -0.4 is 0 Å². The van der Waals surface area contributed by atoms with E-state index in [2.05, 4.69) is 0 Å². The summed E-state index contributed by atoms with van der Waals surface area (Å²) in [4.78, 5) is 0. The standard InChI is InChI=1S/C14H20F2O2/c1-10(2)6-14(8-17,9-18)7-11-4-3-5-12(15)13(11)16/h3-5,10,17-18H,6-9H2,1-2H3. The second kappa shape index (κ2) is 6.25. The summed E-state index contributed by atoms with van der Waals surface area (Å²) >= 11 is 0. The minimum atomic E-state index is -0.901. The topological polar surface area (TPSA) is 40.5 Å². The largest absolute Gasteiger partial charge is 0.396 e. The SMILES string of the molecule is CC(C)CC(CO)(CO)Cc1cccc(F)c1F. The first-order chi connectivity index (χ1) is 8.44. The molecule has 18 heavy (non-hydrogen) atoms. The summed E-state index contributed by atoms with van der Waals surface area (Å²) in [5.74, 6) is -1.55. The Morgan fingerprint density at radius 3 is 2.28 bits per heavy atom. The lowest BCUT2D eigenvalue weighted by Crippen LogP contribution is -2.34. The van der Waals surface area contributed by atoms with Crippen LogP contribution in [0.4, 0.5) is 8.78 Å². The van der Waals surface area contributed by atoms with Crippen LogP contribution in [0.2, 0.25) is 0 Å². The van der Waals surface area contributed by atoms with Crippen molar-refractivity contribution < 1.29 is 19.0 Å². The highest BCUT2D eigenvalue weighted by molar-refractivity contribution is 5.20. The van der Waals surface area contributed by atoms with Gasteiger partial charge in [0.15, 0.2) is 11.6 Å². The maximum Gasteiger partial charge on any atom is 0.162 e. The van der Waals surface area contributed by atoms with E-state index in [9.17, 15) is 19.0 Å². The summed E-state index contributed by atoms with van der Waals surface area (Å²) in [5.41, 5.74) is -0.609. The number of aliphatic hydroxyl groups is 2. The molecule has 0 unspecified atom stereocenters. The van der Waals surface area contributed by atoms with Crippen LogP contribution in [-0.4, -0.2) is 23.4 Å². The molecule has 0 atom stereocenters. The molecule has 102 valence electrons. The van der Waals surface area contributed by atoms with E-state index in [1.54, 1.807) is 0 Å². The summed E-state index contributed by atoms with van der Waals surface area (Å²) in [7, 11) is 0. The van der Waals surface area contributed by atoms with Crippen molar-refractivity contribution in [2.24, 2.45) is 11.3 Å². The number of halogens is 2. The lowest BCUT2D eigenvalue weighted by Gasteiger charge is -2.31. The molecule has 2 N–H and O–H groups in total. The molecule has 0 aliphatic rings. The lowest BCUT2D eigenvalue weighted by molar-refractivity contribution is 0.0362. The molecule has 0 fully saturated rings. The molecule has 0 aromatic heterocycles. The third-order valence-corrected chi connectivity index (χ3v) is 3.11. The maximum absolute atomic E-state index is 13.6. The van der Waals surface area contributed by atoms with Crippen molar-refractivity contribution in [2.75, 3.05) is 13.2 Å². The Bertz CT molecular complexity index is 387. The monoisotopic (exact) mass is 258 g/mol. The second-order valence-electron chi connectivity index (χ2n) is 5.30. The van der Waals surface area contributed by atoms with Crippen LogP contribution in [0.5, 0.6) is 0 Å². The molecule has 0 bridgehead atoms. The third-order valence-electron chi connectivity index (χ3n) is 3.11. The van der Waals surface area contributed by atoms with Crippen LogP contribution in [-0.2, 0) is 6.42 Å². The van der Waals surface area contributed by atoms with Gasteiger partial charge in [0.1, 0.15) is 0 Å². The molecule has 0 spiro atoms. The van der Waals surface area contributed by atoms with E-state index in [-0.39, 0.29) is 31.1 Å². The average molecular weight is 258 g/mol. The van der Waals surface area contributed by atoms with E-state index in [0.29, 0.717) is 6.42 Å². The highest BCUT2D eigenvalue weighted by atomic mass is 19.2. The van der Waals surface area contributed by atoms with Gasteiger partial charge in [-0.05, 0) is 30.4 Å². The number of hydrogen-bond acceptors (Lipinski definition) is 2. The van der Waals surface area contributed by atoms with Gasteiger partial charge in [0, 0.05) is 5.41 Å². The fourth-order valence-electron chi connectivity index (χ4n) is 2.32. The predicted molar refractivity (Wildman–Crippen MR) is 66.1 cm³/mol. The number of aliphatic hydroxyl groups excluding tert-OH is 2. The normalized spacial score (nSPS) is 12.2. The Balaban J connectivity index is 2.99. The molecule has 1 aromatic rings. The van der Waals surface area contributed by atoms with E-state index < -0.39 is 17.0 Å². The van der Waals surface area contributed by atoms with Gasteiger partial charge in [0.25, 0.3) is 0 Å². The smallest absolute Gasteiger partial charge is 0.162 e. The Hall–Kier alpha value is -1.00. The maximum atomic E-state index is 13.6. The van der Waals surface area contributed by atoms with Gasteiger partial charge in [-0.3, -0.25) is 0 Å². The zero-order valence-corrected chi connectivity index (χ0v) is 10.8. The summed E-state index contributed by atoms with van der Waals surface area (Å²) in [5, 5.41) is 18.9. The van der Waals surface area contributed by atoms with Crippen LogP contribution in [0.25, 0.3) is 0 Å². The fourth-order valence-corrected chi connectivity index (χ4v) is 2.32. The van der Waals surface area contributed by atoms with Gasteiger partial charge in [-0.15, -0.1) is 0 Å². The van der Waals surface area contributed by atoms with E-state index in [1.807, 2.05) is 13.8 Å². The van der Waals surface area contributed by atoms with Crippen molar-refractivity contribution in [3.05, 3.63) is 35.4 Å². The Morgan fingerprint density at radius 2 is 1.78 bits per heavy atom. The van der Waals surface area contributed by atoms with E-state index in [1.165, 1.54) is 12.1 Å². The molecule has 0 aliphatic carbocycles. The number of benzene rings is 1. The fraction of sp³-hybridized carbons (Fsp3) is 0.571. The molecule has 2 nitrogen and oxygen atoms in total. The van der Waals surface area contributed by atoms with Crippen LogP contribution in [0, 0.1) is 23.0 Å². The summed E-state index contributed by atoms with van der Waals surface area (Å²) in [6, 6.07) is 3.97. The molecule has 0 radical (unpaired) electrons. The van der Waals surface area contributed by atoms with Gasteiger partial charge in [0.05, 0.1) is 13.2 Å². The van der Waals surface area contributed by atoms with Crippen molar-refractivity contribution in [1.29, 1.82) is 0 Å². The number of rotatable bonds is 6. The summed E-state index contributed by atoms with van der Waals surface area (Å²) in [6.07, 6.45) is 0.678. The van der Waals surface area contributed by atoms with Gasteiger partial charge < -0.3 is 10.2 Å². The van der Waals surface area contributed by atoms with E-state index in [0.717, 1.165) is 6.07 Å². The van der Waals surface area contributed by atoms with Gasteiger partial charge in [-0.1, -0.05) is 26.0 Å². The predicted octanol–water partition coefficient (Wildman–Crippen LogP) is 2.52. The lowest BCUT2D eigenvalue weighted by atomic mass is 9.76.